The van der Waals surface area contributed by atoms with Crippen LogP contribution >= 0.6 is 11.3 Å². The van der Waals surface area contributed by atoms with Gasteiger partial charge in [0.05, 0.1) is 16.7 Å². The van der Waals surface area contributed by atoms with Gasteiger partial charge >= 0.3 is 12.2 Å². The molecule has 3 aromatic heterocycles. The highest BCUT2D eigenvalue weighted by Gasteiger charge is 2.29. The van der Waals surface area contributed by atoms with Crippen LogP contribution in [0.25, 0.3) is 21.7 Å². The monoisotopic (exact) mass is 521 g/mol. The number of aromatic nitrogens is 3. The van der Waals surface area contributed by atoms with Gasteiger partial charge in [0.2, 0.25) is 0 Å². The Balaban J connectivity index is 1.76. The number of amides is 2. The molecule has 37 heavy (non-hydrogen) atoms. The predicted molar refractivity (Wildman–Crippen MR) is 144 cm³/mol. The standard InChI is InChI=1S/C27H31N5O4S/c1-26(2,3)35-24(33)30-32(25(34)36-27(4,5)6)22-13-12-20-19(29-22)16-21(23-28-14-15-37-23)31(20)17-18-10-8-7-9-11-18/h7-16H,17H2,1-6H3,(H,30,33). The minimum Gasteiger partial charge on any atom is -0.443 e. The molecule has 0 spiro atoms. The summed E-state index contributed by atoms with van der Waals surface area (Å²) >= 11 is 1.53. The predicted octanol–water partition coefficient (Wildman–Crippen LogP) is 6.39. The third-order valence-corrected chi connectivity index (χ3v) is 5.78. The Morgan fingerprint density at radius 1 is 1.00 bits per heavy atom. The summed E-state index contributed by atoms with van der Waals surface area (Å²) in [5, 5.41) is 3.75. The number of nitrogens with zero attached hydrogens (tertiary/aromatic N) is 4. The number of carbonyl (C=O) groups is 2. The highest BCUT2D eigenvalue weighted by molar-refractivity contribution is 7.13. The number of benzene rings is 1. The summed E-state index contributed by atoms with van der Waals surface area (Å²) in [7, 11) is 0. The SMILES string of the molecule is CC(C)(C)OC(=O)NN(C(=O)OC(C)(C)C)c1ccc2c(cc(-c3nccs3)n2Cc2ccccc2)n1. The van der Waals surface area contributed by atoms with Gasteiger partial charge in [0.25, 0.3) is 0 Å². The first-order chi connectivity index (χ1) is 17.4. The van der Waals surface area contributed by atoms with Crippen LogP contribution in [0.4, 0.5) is 15.4 Å². The number of carbonyl (C=O) groups excluding carboxylic acids is 2. The van der Waals surface area contributed by atoms with E-state index < -0.39 is 23.4 Å². The first-order valence-electron chi connectivity index (χ1n) is 11.9. The first-order valence-corrected chi connectivity index (χ1v) is 12.7. The number of thiazole rings is 1. The summed E-state index contributed by atoms with van der Waals surface area (Å²) in [5.74, 6) is 0.190. The number of pyridine rings is 1. The van der Waals surface area contributed by atoms with Crippen molar-refractivity contribution < 1.29 is 19.1 Å². The van der Waals surface area contributed by atoms with Crippen LogP contribution in [0.15, 0.2) is 60.1 Å². The molecule has 194 valence electrons. The minimum atomic E-state index is -0.801. The van der Waals surface area contributed by atoms with E-state index in [9.17, 15) is 9.59 Å². The molecule has 0 atom stereocenters. The van der Waals surface area contributed by atoms with E-state index in [0.717, 1.165) is 26.8 Å². The number of fused-ring (bicyclic) bond motifs is 1. The van der Waals surface area contributed by atoms with Gasteiger partial charge < -0.3 is 14.0 Å². The van der Waals surface area contributed by atoms with Crippen molar-refractivity contribution in [2.75, 3.05) is 5.01 Å². The molecule has 0 aliphatic rings. The van der Waals surface area contributed by atoms with Gasteiger partial charge in [0.15, 0.2) is 5.82 Å². The van der Waals surface area contributed by atoms with Crippen molar-refractivity contribution in [1.82, 2.24) is 20.0 Å². The lowest BCUT2D eigenvalue weighted by Crippen LogP contribution is -2.50. The molecule has 0 bridgehead atoms. The van der Waals surface area contributed by atoms with Crippen molar-refractivity contribution in [3.63, 3.8) is 0 Å². The molecule has 4 aromatic rings. The Labute approximate surface area is 220 Å². The molecular formula is C27H31N5O4S. The second-order valence-electron chi connectivity index (χ2n) is 10.4. The van der Waals surface area contributed by atoms with Crippen LogP contribution in [0.2, 0.25) is 0 Å². The molecule has 0 fully saturated rings. The number of nitrogens with one attached hydrogen (secondary N) is 1. The molecule has 0 saturated heterocycles. The highest BCUT2D eigenvalue weighted by Crippen LogP contribution is 2.31. The Morgan fingerprint density at radius 3 is 2.32 bits per heavy atom. The van der Waals surface area contributed by atoms with Crippen molar-refractivity contribution in [1.29, 1.82) is 0 Å². The second kappa shape index (κ2) is 10.2. The molecule has 0 unspecified atom stereocenters. The normalized spacial score (nSPS) is 11.8. The first kappa shape index (κ1) is 26.2. The molecule has 0 radical (unpaired) electrons. The maximum Gasteiger partial charge on any atom is 0.435 e. The van der Waals surface area contributed by atoms with E-state index in [4.69, 9.17) is 14.5 Å². The zero-order chi connectivity index (χ0) is 26.8. The van der Waals surface area contributed by atoms with E-state index in [2.05, 4.69) is 27.1 Å². The average molecular weight is 522 g/mol. The van der Waals surface area contributed by atoms with Gasteiger partial charge in [0.1, 0.15) is 16.2 Å². The van der Waals surface area contributed by atoms with Crippen LogP contribution in [0.1, 0.15) is 47.1 Å². The fraction of sp³-hybridized carbons (Fsp3) is 0.333. The van der Waals surface area contributed by atoms with Gasteiger partial charge in [-0.15, -0.1) is 11.3 Å². The molecule has 3 heterocycles. The second-order valence-corrected chi connectivity index (χ2v) is 11.3. The maximum atomic E-state index is 13.1. The molecule has 0 aliphatic carbocycles. The van der Waals surface area contributed by atoms with E-state index in [-0.39, 0.29) is 5.82 Å². The summed E-state index contributed by atoms with van der Waals surface area (Å²) in [5.41, 5.74) is 4.48. The van der Waals surface area contributed by atoms with Crippen LogP contribution < -0.4 is 10.4 Å². The molecule has 9 nitrogen and oxygen atoms in total. The van der Waals surface area contributed by atoms with Crippen molar-refractivity contribution in [3.8, 4) is 10.7 Å². The zero-order valence-corrected chi connectivity index (χ0v) is 22.6. The van der Waals surface area contributed by atoms with Crippen molar-refractivity contribution >= 4 is 40.4 Å². The van der Waals surface area contributed by atoms with Crippen LogP contribution in [0.3, 0.4) is 0 Å². The van der Waals surface area contributed by atoms with E-state index in [0.29, 0.717) is 12.1 Å². The fourth-order valence-corrected chi connectivity index (χ4v) is 4.27. The van der Waals surface area contributed by atoms with Gasteiger partial charge in [-0.25, -0.2) is 25.0 Å². The van der Waals surface area contributed by atoms with Crippen LogP contribution in [-0.2, 0) is 16.0 Å². The zero-order valence-electron chi connectivity index (χ0n) is 21.8. The largest absolute Gasteiger partial charge is 0.443 e. The number of hydrogen-bond donors (Lipinski definition) is 1. The molecular weight excluding hydrogens is 490 g/mol. The molecule has 2 amide bonds. The Morgan fingerprint density at radius 2 is 1.70 bits per heavy atom. The van der Waals surface area contributed by atoms with Crippen molar-refractivity contribution in [3.05, 3.63) is 65.7 Å². The smallest absolute Gasteiger partial charge is 0.435 e. The van der Waals surface area contributed by atoms with Gasteiger partial charge in [0, 0.05) is 18.1 Å². The Kier molecular flexibility index (Phi) is 7.22. The van der Waals surface area contributed by atoms with Crippen molar-refractivity contribution in [2.24, 2.45) is 0 Å². The molecule has 1 aromatic carbocycles. The average Bonchev–Trinajstić information content (AvgIpc) is 3.44. The molecule has 10 heteroatoms. The summed E-state index contributed by atoms with van der Waals surface area (Å²) in [6.07, 6.45) is 0.178. The molecule has 0 aliphatic heterocycles. The lowest BCUT2D eigenvalue weighted by Gasteiger charge is -2.28. The van der Waals surface area contributed by atoms with E-state index in [1.165, 1.54) is 11.3 Å². The highest BCUT2D eigenvalue weighted by atomic mass is 32.1. The van der Waals surface area contributed by atoms with Gasteiger partial charge in [-0.1, -0.05) is 30.3 Å². The van der Waals surface area contributed by atoms with Gasteiger partial charge in [-0.05, 0) is 65.3 Å². The Hall–Kier alpha value is -3.92. The topological polar surface area (TPSA) is 98.6 Å². The summed E-state index contributed by atoms with van der Waals surface area (Å²) < 4.78 is 13.0. The lowest BCUT2D eigenvalue weighted by atomic mass is 10.2. The van der Waals surface area contributed by atoms with Gasteiger partial charge in [-0.3, -0.25) is 0 Å². The van der Waals surface area contributed by atoms with E-state index in [1.807, 2.05) is 35.7 Å². The van der Waals surface area contributed by atoms with Crippen molar-refractivity contribution in [2.45, 2.75) is 59.3 Å². The Bertz CT molecular complexity index is 1390. The van der Waals surface area contributed by atoms with Crippen LogP contribution in [0, 0.1) is 0 Å². The number of hydrazine groups is 1. The molecule has 4 rings (SSSR count). The number of rotatable bonds is 4. The quantitative estimate of drug-likeness (QED) is 0.313. The van der Waals surface area contributed by atoms with Crippen LogP contribution in [-0.4, -0.2) is 37.9 Å². The van der Waals surface area contributed by atoms with Crippen LogP contribution in [0.5, 0.6) is 0 Å². The number of anilines is 1. The van der Waals surface area contributed by atoms with Gasteiger partial charge in [-0.2, -0.15) is 5.01 Å². The summed E-state index contributed by atoms with van der Waals surface area (Å²) in [6, 6.07) is 15.6. The lowest BCUT2D eigenvalue weighted by molar-refractivity contribution is 0.0424. The molecule has 0 saturated carbocycles. The number of ether oxygens (including phenoxy) is 2. The van der Waals surface area contributed by atoms with E-state index >= 15 is 0 Å². The maximum absolute atomic E-state index is 13.1. The third-order valence-electron chi connectivity index (χ3n) is 4.98. The minimum absolute atomic E-state index is 0.190. The molecule has 1 N–H and O–H groups in total. The number of hydrogen-bond acceptors (Lipinski definition) is 7. The van der Waals surface area contributed by atoms with E-state index in [1.54, 1.807) is 53.8 Å². The summed E-state index contributed by atoms with van der Waals surface area (Å²) in [6.45, 7) is 11.1. The fourth-order valence-electron chi connectivity index (χ4n) is 3.61. The summed E-state index contributed by atoms with van der Waals surface area (Å²) in [4.78, 5) is 34.9. The third kappa shape index (κ3) is 6.65.